The minimum Gasteiger partial charge on any atom is -0.394 e. The Hall–Kier alpha value is -1.03. The third-order valence-electron chi connectivity index (χ3n) is 0.917. The summed E-state index contributed by atoms with van der Waals surface area (Å²) in [6, 6.07) is 0.00981. The molecule has 0 saturated carbocycles. The molecule has 0 heterocycles. The number of hydrogen-bond acceptors (Lipinski definition) is 3. The van der Waals surface area contributed by atoms with E-state index in [4.69, 9.17) is 16.2 Å². The van der Waals surface area contributed by atoms with Crippen LogP contribution in [-0.4, -0.2) is 23.6 Å². The highest BCUT2D eigenvalue weighted by atomic mass is 16.3. The Morgan fingerprint density at radius 1 is 1.90 bits per heavy atom. The summed E-state index contributed by atoms with van der Waals surface area (Å²) in [6.07, 6.45) is 2.97. The molecule has 0 amide bonds. The molecule has 1 atom stereocenters. The quantitative estimate of drug-likeness (QED) is 0.313. The molecule has 0 aliphatic rings. The second-order valence-corrected chi connectivity index (χ2v) is 2.04. The van der Waals surface area contributed by atoms with Crippen LogP contribution in [0, 0.1) is 5.41 Å². The van der Waals surface area contributed by atoms with Crippen molar-refractivity contribution in [3.05, 3.63) is 12.3 Å². The maximum Gasteiger partial charge on any atom is 0.116 e. The molecule has 0 unspecified atom stereocenters. The summed E-state index contributed by atoms with van der Waals surface area (Å²) in [4.78, 5) is 0. The maximum absolute atomic E-state index is 8.52. The van der Waals surface area contributed by atoms with Crippen LogP contribution in [0.1, 0.15) is 6.92 Å². The SMILES string of the molecule is C[C@H](CO)N/C=C\C(=N)N. The average Bonchev–Trinajstić information content (AvgIpc) is 1.87. The van der Waals surface area contributed by atoms with E-state index in [9.17, 15) is 0 Å². The lowest BCUT2D eigenvalue weighted by Crippen LogP contribution is -2.24. The zero-order valence-corrected chi connectivity index (χ0v) is 5.96. The normalized spacial score (nSPS) is 13.4. The Morgan fingerprint density at radius 3 is 2.90 bits per heavy atom. The van der Waals surface area contributed by atoms with Crippen LogP contribution in [0.2, 0.25) is 0 Å². The Bertz CT molecular complexity index is 133. The zero-order valence-electron chi connectivity index (χ0n) is 5.96. The summed E-state index contributed by atoms with van der Waals surface area (Å²) in [5, 5.41) is 18.1. The van der Waals surface area contributed by atoms with Gasteiger partial charge in [0.05, 0.1) is 6.61 Å². The van der Waals surface area contributed by atoms with E-state index >= 15 is 0 Å². The first kappa shape index (κ1) is 8.97. The lowest BCUT2D eigenvalue weighted by atomic mass is 10.4. The van der Waals surface area contributed by atoms with Gasteiger partial charge in [0.25, 0.3) is 0 Å². The Labute approximate surface area is 60.2 Å². The van der Waals surface area contributed by atoms with E-state index in [-0.39, 0.29) is 18.5 Å². The summed E-state index contributed by atoms with van der Waals surface area (Å²) < 4.78 is 0. The maximum atomic E-state index is 8.52. The number of aliphatic hydroxyl groups excluding tert-OH is 1. The summed E-state index contributed by atoms with van der Waals surface area (Å²) >= 11 is 0. The first-order chi connectivity index (χ1) is 4.66. The van der Waals surface area contributed by atoms with E-state index in [1.165, 1.54) is 6.08 Å². The smallest absolute Gasteiger partial charge is 0.116 e. The molecule has 4 heteroatoms. The van der Waals surface area contributed by atoms with E-state index in [0.717, 1.165) is 0 Å². The molecular formula is C6H13N3O. The Kier molecular flexibility index (Phi) is 4.32. The highest BCUT2D eigenvalue weighted by molar-refractivity contribution is 5.88. The van der Waals surface area contributed by atoms with E-state index in [2.05, 4.69) is 5.32 Å². The molecule has 0 bridgehead atoms. The molecule has 5 N–H and O–H groups in total. The van der Waals surface area contributed by atoms with Crippen LogP contribution in [0.5, 0.6) is 0 Å². The second kappa shape index (κ2) is 4.81. The third kappa shape index (κ3) is 5.11. The molecule has 0 rings (SSSR count). The van der Waals surface area contributed by atoms with E-state index in [1.807, 2.05) is 6.92 Å². The summed E-state index contributed by atoms with van der Waals surface area (Å²) in [6.45, 7) is 1.90. The largest absolute Gasteiger partial charge is 0.394 e. The molecular weight excluding hydrogens is 130 g/mol. The number of nitrogens with one attached hydrogen (secondary N) is 2. The van der Waals surface area contributed by atoms with Gasteiger partial charge in [0, 0.05) is 12.2 Å². The highest BCUT2D eigenvalue weighted by Crippen LogP contribution is 1.76. The van der Waals surface area contributed by atoms with Crippen molar-refractivity contribution in [3.8, 4) is 0 Å². The average molecular weight is 143 g/mol. The summed E-state index contributed by atoms with van der Waals surface area (Å²) in [7, 11) is 0. The molecule has 0 saturated heterocycles. The van der Waals surface area contributed by atoms with Crippen molar-refractivity contribution in [2.24, 2.45) is 5.73 Å². The summed E-state index contributed by atoms with van der Waals surface area (Å²) in [5.74, 6) is -0.00219. The van der Waals surface area contributed by atoms with Crippen molar-refractivity contribution >= 4 is 5.84 Å². The van der Waals surface area contributed by atoms with Gasteiger partial charge in [0.1, 0.15) is 5.84 Å². The van der Waals surface area contributed by atoms with Crippen molar-refractivity contribution < 1.29 is 5.11 Å². The van der Waals surface area contributed by atoms with Crippen LogP contribution in [0.4, 0.5) is 0 Å². The molecule has 0 aliphatic carbocycles. The van der Waals surface area contributed by atoms with E-state index < -0.39 is 0 Å². The van der Waals surface area contributed by atoms with Crippen LogP contribution < -0.4 is 11.1 Å². The lowest BCUT2D eigenvalue weighted by molar-refractivity contribution is 0.261. The monoisotopic (exact) mass is 143 g/mol. The van der Waals surface area contributed by atoms with Crippen molar-refractivity contribution in [1.82, 2.24) is 5.32 Å². The molecule has 0 aromatic carbocycles. The summed E-state index contributed by atoms with van der Waals surface area (Å²) in [5.41, 5.74) is 5.01. The van der Waals surface area contributed by atoms with Gasteiger partial charge in [0.15, 0.2) is 0 Å². The van der Waals surface area contributed by atoms with Gasteiger partial charge in [-0.25, -0.2) is 0 Å². The molecule has 0 aromatic heterocycles. The molecule has 0 spiro atoms. The number of aliphatic hydroxyl groups is 1. The Balaban J connectivity index is 3.43. The molecule has 10 heavy (non-hydrogen) atoms. The zero-order chi connectivity index (χ0) is 7.98. The second-order valence-electron chi connectivity index (χ2n) is 2.04. The molecule has 0 radical (unpaired) electrons. The standard InChI is InChI=1S/C6H13N3O/c1-5(4-10)9-3-2-6(7)8/h2-3,5,9-10H,4H2,1H3,(H3,7,8)/b3-2-/t5-/m1/s1. The number of amidine groups is 1. The molecule has 0 aromatic rings. The van der Waals surface area contributed by atoms with Gasteiger partial charge in [-0.1, -0.05) is 0 Å². The van der Waals surface area contributed by atoms with Crippen molar-refractivity contribution in [1.29, 1.82) is 5.41 Å². The van der Waals surface area contributed by atoms with Gasteiger partial charge in [-0.15, -0.1) is 0 Å². The van der Waals surface area contributed by atoms with Gasteiger partial charge in [-0.2, -0.15) is 0 Å². The van der Waals surface area contributed by atoms with E-state index in [1.54, 1.807) is 6.20 Å². The molecule has 4 nitrogen and oxygen atoms in total. The fraction of sp³-hybridized carbons (Fsp3) is 0.500. The van der Waals surface area contributed by atoms with Gasteiger partial charge < -0.3 is 16.2 Å². The number of hydrogen-bond donors (Lipinski definition) is 4. The number of nitrogens with two attached hydrogens (primary N) is 1. The highest BCUT2D eigenvalue weighted by Gasteiger charge is 1.91. The minimum absolute atomic E-state index is 0.00219. The van der Waals surface area contributed by atoms with Crippen LogP contribution in [0.3, 0.4) is 0 Å². The predicted molar refractivity (Wildman–Crippen MR) is 40.7 cm³/mol. The lowest BCUT2D eigenvalue weighted by Gasteiger charge is -2.05. The number of rotatable bonds is 4. The van der Waals surface area contributed by atoms with Crippen molar-refractivity contribution in [2.45, 2.75) is 13.0 Å². The van der Waals surface area contributed by atoms with Crippen LogP contribution in [-0.2, 0) is 0 Å². The minimum atomic E-state index is -0.00219. The first-order valence-corrected chi connectivity index (χ1v) is 3.04. The molecule has 0 aliphatic heterocycles. The fourth-order valence-electron chi connectivity index (χ4n) is 0.355. The van der Waals surface area contributed by atoms with E-state index in [0.29, 0.717) is 0 Å². The van der Waals surface area contributed by atoms with Crippen LogP contribution in [0.25, 0.3) is 0 Å². The van der Waals surface area contributed by atoms with Gasteiger partial charge >= 0.3 is 0 Å². The Morgan fingerprint density at radius 2 is 2.50 bits per heavy atom. The first-order valence-electron chi connectivity index (χ1n) is 3.04. The van der Waals surface area contributed by atoms with Crippen LogP contribution >= 0.6 is 0 Å². The predicted octanol–water partition coefficient (Wildman–Crippen LogP) is -0.594. The van der Waals surface area contributed by atoms with Crippen molar-refractivity contribution in [2.75, 3.05) is 6.61 Å². The van der Waals surface area contributed by atoms with Gasteiger partial charge in [0.2, 0.25) is 0 Å². The molecule has 58 valence electrons. The topological polar surface area (TPSA) is 82.1 Å². The van der Waals surface area contributed by atoms with Gasteiger partial charge in [-0.05, 0) is 13.0 Å². The van der Waals surface area contributed by atoms with Gasteiger partial charge in [-0.3, -0.25) is 5.41 Å². The van der Waals surface area contributed by atoms with Crippen LogP contribution in [0.15, 0.2) is 12.3 Å². The van der Waals surface area contributed by atoms with Crippen molar-refractivity contribution in [3.63, 3.8) is 0 Å². The molecule has 0 fully saturated rings. The third-order valence-corrected chi connectivity index (χ3v) is 0.917. The fourth-order valence-corrected chi connectivity index (χ4v) is 0.355.